The Kier molecular flexibility index (Phi) is 6.52. The average molecular weight is 415 g/mol. The van der Waals surface area contributed by atoms with Gasteiger partial charge in [0.1, 0.15) is 57.7 Å². The van der Waals surface area contributed by atoms with Crippen molar-refractivity contribution in [1.29, 1.82) is 0 Å². The van der Waals surface area contributed by atoms with E-state index in [-0.39, 0.29) is 12.4 Å². The van der Waals surface area contributed by atoms with Crippen LogP contribution in [0.4, 0.5) is 0 Å². The molecule has 0 spiro atoms. The van der Waals surface area contributed by atoms with Crippen LogP contribution in [0.15, 0.2) is 42.5 Å². The number of aliphatic hydroxyl groups excluding tert-OH is 1. The molecule has 2 aromatic rings. The van der Waals surface area contributed by atoms with Gasteiger partial charge in [0.2, 0.25) is 6.79 Å². The number of fused-ring (bicyclic) bond motifs is 1. The lowest BCUT2D eigenvalue weighted by atomic mass is 10.1. The van der Waals surface area contributed by atoms with E-state index in [2.05, 4.69) is 12.1 Å². The van der Waals surface area contributed by atoms with Crippen molar-refractivity contribution in [1.82, 2.24) is 0 Å². The zero-order valence-corrected chi connectivity index (χ0v) is 17.4. The lowest BCUT2D eigenvalue weighted by Gasteiger charge is -2.30. The molecule has 1 fully saturated rings. The van der Waals surface area contributed by atoms with Crippen LogP contribution in [-0.2, 0) is 6.54 Å². The van der Waals surface area contributed by atoms with Gasteiger partial charge in [0.15, 0.2) is 17.3 Å². The van der Waals surface area contributed by atoms with Crippen LogP contribution in [0.5, 0.6) is 17.2 Å². The summed E-state index contributed by atoms with van der Waals surface area (Å²) in [5, 5.41) is 10.4. The fourth-order valence-electron chi connectivity index (χ4n) is 4.14. The summed E-state index contributed by atoms with van der Waals surface area (Å²) in [4.78, 5) is 14.6. The standard InChI is InChI=1S/C23H28N2O5/c1-17(26)20-4-2-3-5-21(20)28-15-19(27)14-25-10-8-24(9-11-25)13-18-6-7-22-23(12-18)30-16-29-22/h2-7,12,19,27H,8-11,13-16H2,1H3/p+2/t19-/m1/s1. The quantitative estimate of drug-likeness (QED) is 0.501. The first-order valence-electron chi connectivity index (χ1n) is 10.5. The van der Waals surface area contributed by atoms with Gasteiger partial charge in [-0.2, -0.15) is 0 Å². The minimum Gasteiger partial charge on any atom is -0.490 e. The van der Waals surface area contributed by atoms with E-state index >= 15 is 0 Å². The molecule has 0 unspecified atom stereocenters. The molecular formula is C23H30N2O5+2. The van der Waals surface area contributed by atoms with Crippen molar-refractivity contribution >= 4 is 5.78 Å². The van der Waals surface area contributed by atoms with Crippen LogP contribution in [0, 0.1) is 0 Å². The van der Waals surface area contributed by atoms with Gasteiger partial charge in [-0.1, -0.05) is 12.1 Å². The highest BCUT2D eigenvalue weighted by atomic mass is 16.7. The van der Waals surface area contributed by atoms with Crippen molar-refractivity contribution in [3.63, 3.8) is 0 Å². The number of nitrogens with one attached hydrogen (secondary N) is 2. The number of para-hydroxylation sites is 1. The molecule has 0 saturated carbocycles. The summed E-state index contributed by atoms with van der Waals surface area (Å²) in [5.41, 5.74) is 1.81. The van der Waals surface area contributed by atoms with Crippen molar-refractivity contribution in [3.8, 4) is 17.2 Å². The monoisotopic (exact) mass is 414 g/mol. The Hall–Kier alpha value is -2.61. The molecule has 160 valence electrons. The minimum atomic E-state index is -0.560. The van der Waals surface area contributed by atoms with E-state index in [0.29, 0.717) is 24.7 Å². The summed E-state index contributed by atoms with van der Waals surface area (Å²) < 4.78 is 16.6. The van der Waals surface area contributed by atoms with Crippen LogP contribution in [0.25, 0.3) is 0 Å². The first kappa shape index (κ1) is 20.7. The van der Waals surface area contributed by atoms with Crippen molar-refractivity contribution < 1.29 is 33.9 Å². The molecule has 4 rings (SSSR count). The second kappa shape index (κ2) is 9.47. The number of ketones is 1. The van der Waals surface area contributed by atoms with E-state index in [1.807, 2.05) is 18.2 Å². The van der Waals surface area contributed by atoms with Gasteiger partial charge >= 0.3 is 0 Å². The van der Waals surface area contributed by atoms with Gasteiger partial charge in [-0.15, -0.1) is 0 Å². The summed E-state index contributed by atoms with van der Waals surface area (Å²) in [5.74, 6) is 2.17. The number of hydrogen-bond acceptors (Lipinski definition) is 5. The molecule has 0 aliphatic carbocycles. The molecule has 30 heavy (non-hydrogen) atoms. The maximum absolute atomic E-state index is 11.7. The number of rotatable bonds is 8. The number of ether oxygens (including phenoxy) is 3. The number of quaternary nitrogens is 2. The molecule has 0 bridgehead atoms. The SMILES string of the molecule is CC(=O)c1ccccc1OC[C@H](O)C[NH+]1CC[NH+](Cc2ccc3c(c2)OCO3)CC1. The van der Waals surface area contributed by atoms with E-state index in [4.69, 9.17) is 14.2 Å². The second-order valence-corrected chi connectivity index (χ2v) is 8.09. The van der Waals surface area contributed by atoms with Crippen molar-refractivity contribution in [2.45, 2.75) is 19.6 Å². The third kappa shape index (κ3) is 5.11. The largest absolute Gasteiger partial charge is 0.490 e. The molecule has 2 aliphatic heterocycles. The lowest BCUT2D eigenvalue weighted by molar-refractivity contribution is -1.02. The number of hydrogen-bond donors (Lipinski definition) is 3. The molecule has 3 N–H and O–H groups in total. The number of carbonyl (C=O) groups is 1. The molecule has 2 heterocycles. The normalized spacial score (nSPS) is 21.3. The number of carbonyl (C=O) groups excluding carboxylic acids is 1. The number of benzene rings is 2. The molecule has 1 saturated heterocycles. The fourth-order valence-corrected chi connectivity index (χ4v) is 4.14. The van der Waals surface area contributed by atoms with Crippen LogP contribution >= 0.6 is 0 Å². The smallest absolute Gasteiger partial charge is 0.231 e. The number of piperazine rings is 1. The Morgan fingerprint density at radius 3 is 2.60 bits per heavy atom. The van der Waals surface area contributed by atoms with Gasteiger partial charge in [-0.3, -0.25) is 4.79 Å². The maximum Gasteiger partial charge on any atom is 0.231 e. The van der Waals surface area contributed by atoms with Gasteiger partial charge < -0.3 is 29.1 Å². The van der Waals surface area contributed by atoms with Gasteiger partial charge in [0.25, 0.3) is 0 Å². The highest BCUT2D eigenvalue weighted by Gasteiger charge is 2.26. The first-order chi connectivity index (χ1) is 14.6. The maximum atomic E-state index is 11.7. The summed E-state index contributed by atoms with van der Waals surface area (Å²) in [6, 6.07) is 13.3. The van der Waals surface area contributed by atoms with Gasteiger partial charge in [-0.05, 0) is 37.3 Å². The molecule has 7 nitrogen and oxygen atoms in total. The Morgan fingerprint density at radius 1 is 1.07 bits per heavy atom. The summed E-state index contributed by atoms with van der Waals surface area (Å²) in [6.45, 7) is 7.80. The second-order valence-electron chi connectivity index (χ2n) is 8.09. The molecule has 2 aromatic carbocycles. The highest BCUT2D eigenvalue weighted by Crippen LogP contribution is 2.32. The molecule has 7 heteroatoms. The topological polar surface area (TPSA) is 73.9 Å². The van der Waals surface area contributed by atoms with Crippen molar-refractivity contribution in [3.05, 3.63) is 53.6 Å². The molecule has 2 aliphatic rings. The predicted molar refractivity (Wildman–Crippen MR) is 110 cm³/mol. The van der Waals surface area contributed by atoms with E-state index in [9.17, 15) is 9.90 Å². The third-order valence-electron chi connectivity index (χ3n) is 5.78. The Balaban J connectivity index is 1.20. The lowest BCUT2D eigenvalue weighted by Crippen LogP contribution is -3.28. The molecule has 0 amide bonds. The zero-order chi connectivity index (χ0) is 20.9. The van der Waals surface area contributed by atoms with Crippen LogP contribution < -0.4 is 24.0 Å². The van der Waals surface area contributed by atoms with E-state index in [0.717, 1.165) is 44.2 Å². The molecule has 0 aromatic heterocycles. The van der Waals surface area contributed by atoms with Gasteiger partial charge in [0.05, 0.1) is 5.56 Å². The summed E-state index contributed by atoms with van der Waals surface area (Å²) >= 11 is 0. The Bertz CT molecular complexity index is 880. The molecular weight excluding hydrogens is 384 g/mol. The van der Waals surface area contributed by atoms with Crippen molar-refractivity contribution in [2.24, 2.45) is 0 Å². The molecule has 1 atom stereocenters. The van der Waals surface area contributed by atoms with E-state index in [1.165, 1.54) is 17.4 Å². The van der Waals surface area contributed by atoms with E-state index in [1.54, 1.807) is 17.0 Å². The van der Waals surface area contributed by atoms with Gasteiger partial charge in [0, 0.05) is 5.56 Å². The first-order valence-corrected chi connectivity index (χ1v) is 10.5. The number of aliphatic hydroxyl groups is 1. The van der Waals surface area contributed by atoms with Crippen LogP contribution in [-0.4, -0.2) is 63.1 Å². The van der Waals surface area contributed by atoms with Crippen LogP contribution in [0.3, 0.4) is 0 Å². The summed E-state index contributed by atoms with van der Waals surface area (Å²) in [7, 11) is 0. The molecule has 0 radical (unpaired) electrons. The predicted octanol–water partition coefficient (Wildman–Crippen LogP) is -0.659. The van der Waals surface area contributed by atoms with Gasteiger partial charge in [-0.25, -0.2) is 0 Å². The minimum absolute atomic E-state index is 0.0349. The zero-order valence-electron chi connectivity index (χ0n) is 17.4. The fraction of sp³-hybridized carbons (Fsp3) is 0.435. The third-order valence-corrected chi connectivity index (χ3v) is 5.78. The average Bonchev–Trinajstić information content (AvgIpc) is 3.22. The van der Waals surface area contributed by atoms with Crippen molar-refractivity contribution in [2.75, 3.05) is 46.1 Å². The Labute approximate surface area is 176 Å². The highest BCUT2D eigenvalue weighted by molar-refractivity contribution is 5.96. The summed E-state index contributed by atoms with van der Waals surface area (Å²) in [6.07, 6.45) is -0.560. The van der Waals surface area contributed by atoms with Crippen LogP contribution in [0.2, 0.25) is 0 Å². The van der Waals surface area contributed by atoms with Crippen LogP contribution in [0.1, 0.15) is 22.8 Å². The van der Waals surface area contributed by atoms with E-state index < -0.39 is 6.10 Å². The Morgan fingerprint density at radius 2 is 1.80 bits per heavy atom. The number of Topliss-reactive ketones (excluding diaryl/α,β-unsaturated/α-hetero) is 1.